The first-order valence-corrected chi connectivity index (χ1v) is 26.7. The van der Waals surface area contributed by atoms with E-state index in [1.165, 1.54) is 157 Å². The van der Waals surface area contributed by atoms with Crippen molar-refractivity contribution in [2.24, 2.45) is 0 Å². The third-order valence-corrected chi connectivity index (χ3v) is 20.5. The third-order valence-electron chi connectivity index (χ3n) is 20.5. The topological polar surface area (TPSA) is 11.4 Å². The summed E-state index contributed by atoms with van der Waals surface area (Å²) >= 11 is 0. The highest BCUT2D eigenvalue weighted by atomic mass is 15.3. The molecular weight excluding hydrogens is 834 g/mol. The van der Waals surface area contributed by atoms with Gasteiger partial charge in [0, 0.05) is 66.8 Å². The molecule has 5 heterocycles. The van der Waals surface area contributed by atoms with Crippen LogP contribution in [0.25, 0.3) is 38.8 Å². The lowest BCUT2D eigenvalue weighted by molar-refractivity contribution is 0.194. The Morgan fingerprint density at radius 2 is 1.12 bits per heavy atom. The largest absolute Gasteiger partial charge is 0.335 e. The minimum atomic E-state index is -0.206. The Kier molecular flexibility index (Phi) is 8.04. The zero-order chi connectivity index (χ0) is 47.7. The Bertz CT molecular complexity index is 3430. The molecule has 0 N–H and O–H groups in total. The molecule has 69 heavy (non-hydrogen) atoms. The molecule has 0 radical (unpaired) electrons. The van der Waals surface area contributed by atoms with Gasteiger partial charge in [-0.25, -0.2) is 0 Å². The minimum absolute atomic E-state index is 0.00528. The lowest BCUT2D eigenvalue weighted by Gasteiger charge is -2.53. The summed E-state index contributed by atoms with van der Waals surface area (Å²) in [7, 11) is 0. The second kappa shape index (κ2) is 13.1. The molecule has 0 spiro atoms. The summed E-state index contributed by atoms with van der Waals surface area (Å²) < 4.78 is 2.85. The summed E-state index contributed by atoms with van der Waals surface area (Å²) in [6, 6.07) is 44.1. The number of nitrogens with zero attached hydrogens (tertiary/aromatic N) is 3. The van der Waals surface area contributed by atoms with Crippen molar-refractivity contribution in [1.82, 2.24) is 4.57 Å². The SMILES string of the molecule is CC(C)(C)c1cc2c3c(c1)C1(C)CCCCC1(C)N3c1cc(N3c4ccc(-c5ccccc5)cc4C4(C)CCCCC34C)cc3c1B2c1cc(C(C)(C)C)cc2c4c(n-3c12)C(C)(C)c1ccccc1-4. The van der Waals surface area contributed by atoms with Gasteiger partial charge in [0.15, 0.2) is 0 Å². The number of rotatable bonds is 2. The molecule has 7 aromatic rings. The fourth-order valence-corrected chi connectivity index (χ4v) is 16.3. The van der Waals surface area contributed by atoms with Gasteiger partial charge in [0.1, 0.15) is 0 Å². The van der Waals surface area contributed by atoms with Crippen molar-refractivity contribution in [3.63, 3.8) is 0 Å². The standard InChI is InChI=1S/C65H70BN3/c1-59(2,3)41-33-45-54-44-24-16-17-25-46(44)61(7,8)58(54)67-52-37-43(68-51-27-26-40(39-22-14-13-15-23-39)32-47(51)62(9)28-18-20-30-64(62,68)11)38-53-55(52)66(49(35-41)56(45)67)50-36-42(60(4,5)6)34-48-57(50)69(53)65(12)31-21-19-29-63(48,65)10/h13-17,22-27,32-38H,18-21,28-31H2,1-12H3. The van der Waals surface area contributed by atoms with E-state index in [1.54, 1.807) is 5.56 Å². The van der Waals surface area contributed by atoms with Gasteiger partial charge < -0.3 is 14.4 Å². The van der Waals surface area contributed by atoms with E-state index in [1.807, 2.05) is 0 Å². The Labute approximate surface area is 412 Å². The van der Waals surface area contributed by atoms with Crippen LogP contribution < -0.4 is 26.2 Å². The predicted molar refractivity (Wildman–Crippen MR) is 294 cm³/mol. The van der Waals surface area contributed by atoms with Crippen LogP contribution in [0.2, 0.25) is 0 Å². The van der Waals surface area contributed by atoms with Gasteiger partial charge in [-0.3, -0.25) is 0 Å². The zero-order valence-corrected chi connectivity index (χ0v) is 43.5. The van der Waals surface area contributed by atoms with Gasteiger partial charge in [-0.2, -0.15) is 0 Å². The number of fused-ring (bicyclic) bond motifs is 15. The van der Waals surface area contributed by atoms with Gasteiger partial charge in [0.2, 0.25) is 0 Å². The van der Waals surface area contributed by atoms with E-state index < -0.39 is 0 Å². The molecule has 14 rings (SSSR count). The molecule has 6 aromatic carbocycles. The van der Waals surface area contributed by atoms with Crippen LogP contribution in [0.4, 0.5) is 22.7 Å². The van der Waals surface area contributed by atoms with Crippen molar-refractivity contribution in [2.45, 2.75) is 173 Å². The molecule has 3 nitrogen and oxygen atoms in total. The predicted octanol–water partition coefficient (Wildman–Crippen LogP) is 14.8. The van der Waals surface area contributed by atoms with E-state index in [0.717, 1.165) is 0 Å². The van der Waals surface area contributed by atoms with E-state index in [2.05, 4.69) is 207 Å². The average molecular weight is 904 g/mol. The molecule has 1 aromatic heterocycles. The Morgan fingerprint density at radius 1 is 0.507 bits per heavy atom. The Hall–Kier alpha value is -5.48. The lowest BCUT2D eigenvalue weighted by atomic mass is 9.33. The highest BCUT2D eigenvalue weighted by molar-refractivity contribution is 7.00. The van der Waals surface area contributed by atoms with Crippen molar-refractivity contribution in [3.05, 3.63) is 143 Å². The first-order chi connectivity index (χ1) is 32.7. The van der Waals surface area contributed by atoms with E-state index in [-0.39, 0.29) is 44.9 Å². The molecule has 4 aliphatic heterocycles. The Morgan fingerprint density at radius 3 is 1.83 bits per heavy atom. The van der Waals surface area contributed by atoms with Gasteiger partial charge in [0.25, 0.3) is 6.71 Å². The molecule has 4 heteroatoms. The first-order valence-electron chi connectivity index (χ1n) is 26.7. The second-order valence-corrected chi connectivity index (χ2v) is 26.4. The number of anilines is 4. The van der Waals surface area contributed by atoms with Gasteiger partial charge in [0.05, 0.1) is 11.1 Å². The van der Waals surface area contributed by atoms with Crippen LogP contribution in [0.5, 0.6) is 0 Å². The van der Waals surface area contributed by atoms with Crippen LogP contribution in [0, 0.1) is 0 Å². The van der Waals surface area contributed by atoms with Crippen molar-refractivity contribution in [1.29, 1.82) is 0 Å². The number of hydrogen-bond acceptors (Lipinski definition) is 2. The molecular formula is C65H70BN3. The van der Waals surface area contributed by atoms with E-state index in [9.17, 15) is 0 Å². The summed E-state index contributed by atoms with van der Waals surface area (Å²) in [5, 5.41) is 1.42. The first kappa shape index (κ1) is 42.4. The monoisotopic (exact) mass is 904 g/mol. The van der Waals surface area contributed by atoms with Crippen molar-refractivity contribution < 1.29 is 0 Å². The van der Waals surface area contributed by atoms with Gasteiger partial charge in [-0.1, -0.05) is 174 Å². The summed E-state index contributed by atoms with van der Waals surface area (Å²) in [4.78, 5) is 5.87. The maximum Gasteiger partial charge on any atom is 0.252 e. The van der Waals surface area contributed by atoms with E-state index >= 15 is 0 Å². The summed E-state index contributed by atoms with van der Waals surface area (Å²) in [6.07, 6.45) is 9.83. The number of aromatic nitrogens is 1. The van der Waals surface area contributed by atoms with Crippen molar-refractivity contribution in [3.8, 4) is 27.9 Å². The zero-order valence-electron chi connectivity index (χ0n) is 43.5. The highest BCUT2D eigenvalue weighted by Crippen LogP contribution is 2.65. The molecule has 0 amide bonds. The molecule has 3 aliphatic carbocycles. The molecule has 2 saturated carbocycles. The van der Waals surface area contributed by atoms with Crippen molar-refractivity contribution in [2.75, 3.05) is 9.80 Å². The number of hydrogen-bond donors (Lipinski definition) is 0. The summed E-state index contributed by atoms with van der Waals surface area (Å²) in [5.74, 6) is 0. The summed E-state index contributed by atoms with van der Waals surface area (Å²) in [5.41, 5.74) is 27.1. The molecule has 4 unspecified atom stereocenters. The quantitative estimate of drug-likeness (QED) is 0.160. The van der Waals surface area contributed by atoms with Gasteiger partial charge in [-0.15, -0.1) is 0 Å². The Balaban J connectivity index is 1.15. The molecule has 0 bridgehead atoms. The fraction of sp³-hybridized carbons (Fsp3) is 0.415. The maximum atomic E-state index is 2.99. The molecule has 348 valence electrons. The van der Waals surface area contributed by atoms with Crippen LogP contribution in [-0.2, 0) is 27.1 Å². The van der Waals surface area contributed by atoms with Crippen LogP contribution in [0.1, 0.15) is 168 Å². The van der Waals surface area contributed by atoms with E-state index in [0.29, 0.717) is 0 Å². The van der Waals surface area contributed by atoms with Crippen LogP contribution >= 0.6 is 0 Å². The number of benzene rings is 6. The van der Waals surface area contributed by atoms with Crippen molar-refractivity contribution >= 4 is 56.8 Å². The molecule has 2 fully saturated rings. The molecule has 7 aliphatic rings. The summed E-state index contributed by atoms with van der Waals surface area (Å²) in [6.45, 7) is 30.3. The van der Waals surface area contributed by atoms with Crippen LogP contribution in [0.15, 0.2) is 109 Å². The van der Waals surface area contributed by atoms with E-state index in [4.69, 9.17) is 0 Å². The normalized spacial score (nSPS) is 26.3. The van der Waals surface area contributed by atoms with Crippen LogP contribution in [-0.4, -0.2) is 22.4 Å². The third kappa shape index (κ3) is 4.98. The van der Waals surface area contributed by atoms with Gasteiger partial charge in [-0.05, 0) is 142 Å². The van der Waals surface area contributed by atoms with Gasteiger partial charge >= 0.3 is 0 Å². The average Bonchev–Trinajstić information content (AvgIpc) is 3.93. The minimum Gasteiger partial charge on any atom is -0.335 e. The smallest absolute Gasteiger partial charge is 0.252 e. The second-order valence-electron chi connectivity index (χ2n) is 26.4. The fourth-order valence-electron chi connectivity index (χ4n) is 16.3. The van der Waals surface area contributed by atoms with Crippen LogP contribution in [0.3, 0.4) is 0 Å². The maximum absolute atomic E-state index is 2.99. The molecule has 4 atom stereocenters. The highest BCUT2D eigenvalue weighted by Gasteiger charge is 2.63. The molecule has 0 saturated heterocycles. The lowest BCUT2D eigenvalue weighted by Crippen LogP contribution is -2.64.